The van der Waals surface area contributed by atoms with E-state index in [4.69, 9.17) is 95.7 Å². The van der Waals surface area contributed by atoms with Crippen LogP contribution in [0.25, 0.3) is 0 Å². The summed E-state index contributed by atoms with van der Waals surface area (Å²) in [5.41, 5.74) is 6.45. The molecule has 37 N–H and O–H groups in total. The smallest absolute Gasteiger partial charge is 0.364 e. The van der Waals surface area contributed by atoms with Crippen molar-refractivity contribution in [3.63, 3.8) is 0 Å². The molecule has 0 spiro atoms. The molecule has 53 atom stereocenters. The Kier molecular flexibility index (Phi) is 35.4. The van der Waals surface area contributed by atoms with Gasteiger partial charge in [0, 0.05) is 6.42 Å². The minimum absolute atomic E-state index is 1.01. The van der Waals surface area contributed by atoms with Crippen LogP contribution in [0.2, 0.25) is 0 Å². The number of rotatable bonds is 33. The van der Waals surface area contributed by atoms with Gasteiger partial charge in [-0.2, -0.15) is 0 Å². The summed E-state index contributed by atoms with van der Waals surface area (Å²) in [6, 6.07) is -2.15. The highest BCUT2D eigenvalue weighted by Crippen LogP contribution is 2.43. The van der Waals surface area contributed by atoms with E-state index in [9.17, 15) is 188 Å². The zero-order chi connectivity index (χ0) is 90.2. The molecule has 10 rings (SSSR count). The van der Waals surface area contributed by atoms with Crippen LogP contribution in [0.15, 0.2) is 0 Å². The minimum atomic E-state index is -3.41. The summed E-state index contributed by atoms with van der Waals surface area (Å²) in [6.07, 6.45) is -124. The van der Waals surface area contributed by atoms with Gasteiger partial charge >= 0.3 is 11.9 Å². The van der Waals surface area contributed by atoms with Gasteiger partial charge in [0.2, 0.25) is 0 Å². The van der Waals surface area contributed by atoms with Crippen LogP contribution in [0.1, 0.15) is 6.42 Å². The average Bonchev–Trinajstić information content (AvgIpc) is 0.746. The average molecular weight is 1800 g/mol. The Bertz CT molecular complexity index is 3230. The van der Waals surface area contributed by atoms with Crippen LogP contribution in [0, 0.1) is 0 Å². The summed E-state index contributed by atoms with van der Waals surface area (Å²) in [5, 5.41) is 386. The fourth-order valence-corrected chi connectivity index (χ4v) is 15.3. The second-order valence-corrected chi connectivity index (χ2v) is 30.6. The second-order valence-electron chi connectivity index (χ2n) is 30.6. The van der Waals surface area contributed by atoms with Crippen molar-refractivity contribution in [2.24, 2.45) is 5.73 Å². The summed E-state index contributed by atoms with van der Waals surface area (Å²) in [4.78, 5) is 26.0. The lowest BCUT2D eigenvalue weighted by molar-refractivity contribution is -0.423. The third-order valence-electron chi connectivity index (χ3n) is 22.4. The first-order chi connectivity index (χ1) is 57.5. The molecule has 0 amide bonds. The van der Waals surface area contributed by atoms with Crippen LogP contribution in [0.4, 0.5) is 0 Å². The topological polar surface area (TPSA) is 944 Å². The van der Waals surface area contributed by atoms with Gasteiger partial charge in [-0.1, -0.05) is 0 Å². The van der Waals surface area contributed by atoms with Gasteiger partial charge in [0.05, 0.1) is 71.6 Å². The second kappa shape index (κ2) is 42.8. The first-order valence-corrected chi connectivity index (χ1v) is 38.1. The van der Waals surface area contributed by atoms with Gasteiger partial charge in [-0.3, -0.25) is 0 Å². The van der Waals surface area contributed by atoms with E-state index in [1.165, 1.54) is 0 Å². The predicted molar refractivity (Wildman–Crippen MR) is 361 cm³/mol. The van der Waals surface area contributed by atoms with Gasteiger partial charge in [0.15, 0.2) is 62.7 Å². The van der Waals surface area contributed by atoms with Crippen LogP contribution in [-0.4, -0.2) is 575 Å². The van der Waals surface area contributed by atoms with E-state index in [2.05, 4.69) is 0 Å². The van der Waals surface area contributed by atoms with Crippen molar-refractivity contribution >= 4 is 11.9 Å². The van der Waals surface area contributed by atoms with E-state index in [1.807, 2.05) is 0 Å². The number of carboxylic acids is 2. The van der Waals surface area contributed by atoms with Crippen molar-refractivity contribution in [2.45, 2.75) is 331 Å². The first-order valence-electron chi connectivity index (χ1n) is 38.1. The number of nitrogens with two attached hydrogens (primary N) is 1. The summed E-state index contributed by atoms with van der Waals surface area (Å²) in [6.45, 7) is -11.2. The molecule has 0 bridgehead atoms. The van der Waals surface area contributed by atoms with E-state index in [-0.39, 0.29) is 0 Å². The number of hydrogen-bond donors (Lipinski definition) is 36. The third-order valence-corrected chi connectivity index (χ3v) is 22.4. The lowest BCUT2D eigenvalue weighted by atomic mass is 9.91. The zero-order valence-electron chi connectivity index (χ0n) is 63.4. The quantitative estimate of drug-likeness (QED) is 0.0290. The fourth-order valence-electron chi connectivity index (χ4n) is 15.3. The molecule has 0 aromatic heterocycles. The maximum Gasteiger partial charge on any atom is 0.364 e. The highest BCUT2D eigenvalue weighted by atomic mass is 16.8. The van der Waals surface area contributed by atoms with Gasteiger partial charge in [-0.25, -0.2) is 9.59 Å². The van der Waals surface area contributed by atoms with Crippen LogP contribution in [0.5, 0.6) is 0 Å². The number of hydrogen-bond acceptors (Lipinski definition) is 55. The first kappa shape index (κ1) is 101. The molecule has 0 aromatic rings. The summed E-state index contributed by atoms with van der Waals surface area (Å²) in [7, 11) is 0. The summed E-state index contributed by atoms with van der Waals surface area (Å²) >= 11 is 0. The SMILES string of the molecule is N[C@H]1[C@@H](OC2[C@@H](C(=O)O)O[C@H](OC3C(O)C(C(O)COC4OC(C(O)CO)C(O)C(O)C4O)OC(OC4C(O)C(O[C@H]5[C@@H]([C@H](O)CO)O[C@@](O)(C(=O)O)C[C@H]5O)OC(C(O)CO)C4O[C@@H]4O[C@H](CO)[C@H](O)[C@H](O)[C@H]4O)C3O[C@@H]3O[C@H](CO)[C@@H](O)[C@H](O)[C@H]3O)[C@H](O)[C@H]2O)O[C@H](CO[C@@H]2O[C@H](CO)[C@@H](O)[C@H](O)[C@H]2O)[C@@H](O[C@@H]2O[C@H](CO)[C@H](O)[C@H](O)[C@H]2O)[C@@H]1O. The largest absolute Gasteiger partial charge is 0.479 e. The number of carbonyl (C=O) groups is 2. The van der Waals surface area contributed by atoms with Crippen LogP contribution >= 0.6 is 0 Å². The van der Waals surface area contributed by atoms with Crippen LogP contribution in [-0.2, 0) is 99.6 Å². The molecule has 10 heterocycles. The molecule has 57 heteroatoms. The van der Waals surface area contributed by atoms with Crippen LogP contribution < -0.4 is 5.73 Å². The highest BCUT2D eigenvalue weighted by molar-refractivity contribution is 5.75. The number of aliphatic hydroxyl groups excluding tert-OH is 32. The van der Waals surface area contributed by atoms with Gasteiger partial charge in [0.25, 0.3) is 5.79 Å². The number of carboxylic acid groups (broad SMARTS) is 2. The van der Waals surface area contributed by atoms with Crippen molar-refractivity contribution in [2.75, 3.05) is 59.5 Å². The molecular weight excluding hydrogens is 1690 g/mol. The molecule has 10 aliphatic heterocycles. The van der Waals surface area contributed by atoms with Crippen molar-refractivity contribution in [3.8, 4) is 0 Å². The van der Waals surface area contributed by atoms with Crippen LogP contribution in [0.3, 0.4) is 0 Å². The van der Waals surface area contributed by atoms with Gasteiger partial charge in [0.1, 0.15) is 244 Å². The number of aliphatic hydroxyl groups is 33. The zero-order valence-corrected chi connectivity index (χ0v) is 63.4. The third kappa shape index (κ3) is 21.1. The molecule has 10 saturated heterocycles. The molecule has 0 aliphatic carbocycles. The van der Waals surface area contributed by atoms with E-state index >= 15 is 0 Å². The predicted octanol–water partition coefficient (Wildman–Crippen LogP) is -24.8. The molecule has 710 valence electrons. The maximum absolute atomic E-state index is 13.7. The molecular formula is C65H109NO56. The molecule has 0 saturated carbocycles. The van der Waals surface area contributed by atoms with E-state index < -0.39 is 403 Å². The Morgan fingerprint density at radius 3 is 1.16 bits per heavy atom. The lowest BCUT2D eigenvalue weighted by Crippen LogP contribution is -2.71. The minimum Gasteiger partial charge on any atom is -0.479 e. The van der Waals surface area contributed by atoms with Gasteiger partial charge in [-0.15, -0.1) is 0 Å². The highest BCUT2D eigenvalue weighted by Gasteiger charge is 2.64. The standard InChI is InChI=1S/C65H109NO56/c66-21-26(83)47(115-58-36(93)28(85)23(80)17(6-71)107-58)20(10-105-56-34(91)27(84)22(79)16(5-70)106-56)110-55(21)116-48-33(90)39(96)61(120-52(48)54(99)100)117-49-40(97)43(15(78)9-104-57-35(92)31(88)32(89)42(111-57)12(75)2-67)112-63(53(49)121-60-38(95)30(87)25(82)19(8-73)109-60)118-50-41(98)62(113-44-11(74)1-65(103,64(101)102)122-46(44)14(77)4-69)114-45(13(76)3-68)51(50)119-59-37(94)29(86)24(81)18(7-72)108-59/h11-53,55-63,67-98,103H,1-10,66H2,(H,99,100)(H,101,102)/t11-,12?,13?,14-,15?,16-,17-,18-,19-,20-,21-,22-,23+,24+,25-,26-,27+,28+,29+,30+,31?,32?,33-,34-,35?,36-,37-,38-,39-,40?,41?,42?,43?,44-,45?,46-,47-,48?,49?,50?,51?,52+,53?,55-,56-,57?,58+,59+,60+,61+,62?,63?,65-/m1/s1. The Balaban J connectivity index is 1.06. The normalized spacial score (nSPS) is 51.0. The Morgan fingerprint density at radius 1 is 0.320 bits per heavy atom. The molecule has 0 radical (unpaired) electrons. The molecule has 19 unspecified atom stereocenters. The van der Waals surface area contributed by atoms with Gasteiger partial charge in [-0.05, 0) is 0 Å². The number of ether oxygens (including phenoxy) is 19. The summed E-state index contributed by atoms with van der Waals surface area (Å²) < 4.78 is 110. The fraction of sp³-hybridized carbons (Fsp3) is 0.969. The van der Waals surface area contributed by atoms with E-state index in [1.54, 1.807) is 0 Å². The molecule has 122 heavy (non-hydrogen) atoms. The summed E-state index contributed by atoms with van der Waals surface area (Å²) in [5.74, 6) is -7.86. The monoisotopic (exact) mass is 1800 g/mol. The van der Waals surface area contributed by atoms with Gasteiger partial charge < -0.3 is 274 Å². The Morgan fingerprint density at radius 2 is 0.672 bits per heavy atom. The van der Waals surface area contributed by atoms with Crippen molar-refractivity contribution in [3.05, 3.63) is 0 Å². The van der Waals surface area contributed by atoms with Crippen molar-refractivity contribution in [1.82, 2.24) is 0 Å². The Hall–Kier alpha value is -3.18. The van der Waals surface area contributed by atoms with Crippen molar-refractivity contribution in [1.29, 1.82) is 0 Å². The molecule has 10 fully saturated rings. The molecule has 57 nitrogen and oxygen atoms in total. The Labute approximate surface area is 685 Å². The maximum atomic E-state index is 13.7. The molecule has 0 aromatic carbocycles. The van der Waals surface area contributed by atoms with E-state index in [0.29, 0.717) is 0 Å². The number of aliphatic carboxylic acids is 2. The van der Waals surface area contributed by atoms with E-state index in [0.717, 1.165) is 0 Å². The molecule has 10 aliphatic rings. The van der Waals surface area contributed by atoms with Crippen molar-refractivity contribution < 1.29 is 278 Å². The lowest BCUT2D eigenvalue weighted by Gasteiger charge is -2.53.